The van der Waals surface area contributed by atoms with Gasteiger partial charge in [-0.3, -0.25) is 10.1 Å². The van der Waals surface area contributed by atoms with Crippen molar-refractivity contribution in [3.63, 3.8) is 0 Å². The van der Waals surface area contributed by atoms with Gasteiger partial charge in [0.15, 0.2) is 0 Å². The van der Waals surface area contributed by atoms with E-state index in [4.69, 9.17) is 0 Å². The van der Waals surface area contributed by atoms with Gasteiger partial charge >= 0.3 is 5.97 Å². The fraction of sp³-hybridized carbons (Fsp3) is 0.462. The topological polar surface area (TPSA) is 49.3 Å². The smallest absolute Gasteiger partial charge is 0.325 e. The molecule has 1 saturated carbocycles. The van der Waals surface area contributed by atoms with E-state index in [2.05, 4.69) is 12.2 Å². The molecule has 1 fully saturated rings. The van der Waals surface area contributed by atoms with Crippen molar-refractivity contribution in [3.8, 4) is 0 Å². The van der Waals surface area contributed by atoms with Gasteiger partial charge in [-0.05, 0) is 24.3 Å². The minimum Gasteiger partial charge on any atom is -0.480 e. The Balaban J connectivity index is 2.03. The summed E-state index contributed by atoms with van der Waals surface area (Å²) in [6.45, 7) is 2.19. The summed E-state index contributed by atoms with van der Waals surface area (Å²) in [5, 5.41) is 12.4. The summed E-state index contributed by atoms with van der Waals surface area (Å²) in [4.78, 5) is 11.2. The predicted octanol–water partition coefficient (Wildman–Crippen LogP) is 2.20. The van der Waals surface area contributed by atoms with E-state index in [0.717, 1.165) is 24.3 Å². The number of rotatable bonds is 4. The first-order chi connectivity index (χ1) is 7.66. The van der Waals surface area contributed by atoms with E-state index < -0.39 is 12.0 Å². The monoisotopic (exact) mass is 219 g/mol. The summed E-state index contributed by atoms with van der Waals surface area (Å²) in [5.74, 6) is -0.0755. The summed E-state index contributed by atoms with van der Waals surface area (Å²) in [7, 11) is 0. The van der Waals surface area contributed by atoms with Crippen LogP contribution >= 0.6 is 0 Å². The molecule has 2 N–H and O–H groups in total. The minimum atomic E-state index is -0.800. The van der Waals surface area contributed by atoms with Crippen molar-refractivity contribution in [2.45, 2.75) is 31.8 Å². The number of hydrogen-bond acceptors (Lipinski definition) is 2. The molecule has 86 valence electrons. The summed E-state index contributed by atoms with van der Waals surface area (Å²) in [6.07, 6.45) is 2.16. The maximum Gasteiger partial charge on any atom is 0.325 e. The zero-order valence-corrected chi connectivity index (χ0v) is 9.39. The summed E-state index contributed by atoms with van der Waals surface area (Å²) in [5.41, 5.74) is 0.828. The van der Waals surface area contributed by atoms with Gasteiger partial charge in [-0.2, -0.15) is 0 Å². The molecule has 1 aliphatic carbocycles. The minimum absolute atomic E-state index is 0.358. The maximum atomic E-state index is 11.2. The van der Waals surface area contributed by atoms with Gasteiger partial charge in [-0.1, -0.05) is 37.3 Å². The average molecular weight is 219 g/mol. The van der Waals surface area contributed by atoms with Crippen LogP contribution in [0.3, 0.4) is 0 Å². The number of aliphatic carboxylic acids is 1. The number of benzene rings is 1. The molecule has 1 aliphatic rings. The van der Waals surface area contributed by atoms with Crippen molar-refractivity contribution >= 4 is 5.97 Å². The molecule has 1 aromatic rings. The van der Waals surface area contributed by atoms with Crippen LogP contribution in [0.2, 0.25) is 0 Å². The van der Waals surface area contributed by atoms with E-state index in [-0.39, 0.29) is 0 Å². The molecule has 1 aromatic carbocycles. The Labute approximate surface area is 95.5 Å². The van der Waals surface area contributed by atoms with Crippen molar-refractivity contribution in [2.24, 2.45) is 5.92 Å². The van der Waals surface area contributed by atoms with Gasteiger partial charge in [0.05, 0.1) is 0 Å². The Bertz CT molecular complexity index is 357. The lowest BCUT2D eigenvalue weighted by Crippen LogP contribution is -2.44. The predicted molar refractivity (Wildman–Crippen MR) is 62.1 cm³/mol. The molecule has 3 heteroatoms. The van der Waals surface area contributed by atoms with Crippen molar-refractivity contribution in [1.82, 2.24) is 5.32 Å². The second-order valence-electron chi connectivity index (χ2n) is 4.62. The first-order valence-electron chi connectivity index (χ1n) is 5.70. The third-order valence-electron chi connectivity index (χ3n) is 3.16. The van der Waals surface area contributed by atoms with E-state index in [1.54, 1.807) is 0 Å². The second-order valence-corrected chi connectivity index (χ2v) is 4.62. The first kappa shape index (κ1) is 11.1. The van der Waals surface area contributed by atoms with Crippen molar-refractivity contribution in [2.75, 3.05) is 0 Å². The van der Waals surface area contributed by atoms with Crippen LogP contribution in [0.1, 0.15) is 31.4 Å². The number of nitrogens with one attached hydrogen (secondary N) is 1. The van der Waals surface area contributed by atoms with E-state index in [9.17, 15) is 9.90 Å². The summed E-state index contributed by atoms with van der Waals surface area (Å²) < 4.78 is 0. The van der Waals surface area contributed by atoms with Crippen molar-refractivity contribution in [1.29, 1.82) is 0 Å². The fourth-order valence-corrected chi connectivity index (χ4v) is 2.23. The van der Waals surface area contributed by atoms with Crippen LogP contribution in [0.4, 0.5) is 0 Å². The van der Waals surface area contributed by atoms with Crippen LogP contribution in [0.15, 0.2) is 30.3 Å². The van der Waals surface area contributed by atoms with Gasteiger partial charge in [0, 0.05) is 6.04 Å². The summed E-state index contributed by atoms with van der Waals surface area (Å²) >= 11 is 0. The highest BCUT2D eigenvalue weighted by atomic mass is 16.4. The highest BCUT2D eigenvalue weighted by Crippen LogP contribution is 2.28. The normalized spacial score (nSPS) is 25.8. The van der Waals surface area contributed by atoms with Crippen LogP contribution in [0, 0.1) is 5.92 Å². The number of carboxylic acids is 1. The Morgan fingerprint density at radius 1 is 1.38 bits per heavy atom. The average Bonchev–Trinajstić information content (AvgIpc) is 2.23. The Morgan fingerprint density at radius 2 is 2.00 bits per heavy atom. The third kappa shape index (κ3) is 2.42. The number of hydrogen-bond donors (Lipinski definition) is 2. The SMILES string of the molecule is CC1CC(NC(C(=O)O)c2ccccc2)C1. The fourth-order valence-electron chi connectivity index (χ4n) is 2.23. The second kappa shape index (κ2) is 4.66. The van der Waals surface area contributed by atoms with E-state index >= 15 is 0 Å². The summed E-state index contributed by atoms with van der Waals surface area (Å²) in [6, 6.07) is 9.14. The molecule has 0 aliphatic heterocycles. The molecule has 0 aromatic heterocycles. The Hall–Kier alpha value is -1.35. The molecule has 3 nitrogen and oxygen atoms in total. The molecule has 0 spiro atoms. The van der Waals surface area contributed by atoms with Gasteiger partial charge in [0.25, 0.3) is 0 Å². The molecule has 0 heterocycles. The van der Waals surface area contributed by atoms with Gasteiger partial charge in [0.2, 0.25) is 0 Å². The lowest BCUT2D eigenvalue weighted by molar-refractivity contribution is -0.140. The largest absolute Gasteiger partial charge is 0.480 e. The lowest BCUT2D eigenvalue weighted by Gasteiger charge is -2.35. The Kier molecular flexibility index (Phi) is 3.25. The molecule has 1 unspecified atom stereocenters. The molecular weight excluding hydrogens is 202 g/mol. The zero-order valence-electron chi connectivity index (χ0n) is 9.39. The Morgan fingerprint density at radius 3 is 2.50 bits per heavy atom. The number of carboxylic acid groups (broad SMARTS) is 1. The van der Waals surface area contributed by atoms with Crippen LogP contribution < -0.4 is 5.32 Å². The third-order valence-corrected chi connectivity index (χ3v) is 3.16. The van der Waals surface area contributed by atoms with Crippen molar-refractivity contribution < 1.29 is 9.90 Å². The van der Waals surface area contributed by atoms with Crippen LogP contribution in [-0.4, -0.2) is 17.1 Å². The van der Waals surface area contributed by atoms with Gasteiger partial charge in [-0.25, -0.2) is 0 Å². The quantitative estimate of drug-likeness (QED) is 0.816. The van der Waals surface area contributed by atoms with Crippen molar-refractivity contribution in [3.05, 3.63) is 35.9 Å². The van der Waals surface area contributed by atoms with E-state index in [1.807, 2.05) is 30.3 Å². The molecule has 16 heavy (non-hydrogen) atoms. The molecular formula is C13H17NO2. The van der Waals surface area contributed by atoms with E-state index in [1.165, 1.54) is 0 Å². The van der Waals surface area contributed by atoms with Crippen LogP contribution in [0.5, 0.6) is 0 Å². The molecule has 0 saturated heterocycles. The molecule has 0 bridgehead atoms. The highest BCUT2D eigenvalue weighted by molar-refractivity contribution is 5.75. The first-order valence-corrected chi connectivity index (χ1v) is 5.70. The molecule has 1 atom stereocenters. The van der Waals surface area contributed by atoms with Gasteiger partial charge in [0.1, 0.15) is 6.04 Å². The van der Waals surface area contributed by atoms with Gasteiger partial charge < -0.3 is 5.11 Å². The standard InChI is InChI=1S/C13H17NO2/c1-9-7-11(8-9)14-12(13(15)16)10-5-3-2-4-6-10/h2-6,9,11-12,14H,7-8H2,1H3,(H,15,16). The number of carbonyl (C=O) groups is 1. The molecule has 0 radical (unpaired) electrons. The van der Waals surface area contributed by atoms with E-state index in [0.29, 0.717) is 6.04 Å². The highest BCUT2D eigenvalue weighted by Gasteiger charge is 2.30. The van der Waals surface area contributed by atoms with Crippen LogP contribution in [0.25, 0.3) is 0 Å². The van der Waals surface area contributed by atoms with Crippen LogP contribution in [-0.2, 0) is 4.79 Å². The zero-order chi connectivity index (χ0) is 11.5. The van der Waals surface area contributed by atoms with Gasteiger partial charge in [-0.15, -0.1) is 0 Å². The molecule has 2 rings (SSSR count). The molecule has 0 amide bonds. The maximum absolute atomic E-state index is 11.2. The lowest BCUT2D eigenvalue weighted by atomic mass is 9.81.